The third-order valence-electron chi connectivity index (χ3n) is 5.28. The van der Waals surface area contributed by atoms with E-state index in [9.17, 15) is 9.59 Å². The number of nitrogens with zero attached hydrogens (tertiary/aromatic N) is 1. The van der Waals surface area contributed by atoms with Crippen LogP contribution < -0.4 is 4.90 Å². The van der Waals surface area contributed by atoms with Crippen LogP contribution in [0.4, 0.5) is 5.69 Å². The molecule has 3 nitrogen and oxygen atoms in total. The molecule has 0 N–H and O–H groups in total. The molecule has 0 saturated heterocycles. The highest BCUT2D eigenvalue weighted by atomic mass is 35.5. The molecule has 130 valence electrons. The van der Waals surface area contributed by atoms with Gasteiger partial charge < -0.3 is 4.90 Å². The van der Waals surface area contributed by atoms with E-state index in [4.69, 9.17) is 11.6 Å². The van der Waals surface area contributed by atoms with Crippen molar-refractivity contribution < 1.29 is 9.59 Å². The molecule has 0 aromatic heterocycles. The molecular weight excluding hydrogens is 322 g/mol. The third-order valence-corrected chi connectivity index (χ3v) is 5.55. The number of carbonyl (C=O) groups is 2. The molecule has 24 heavy (non-hydrogen) atoms. The van der Waals surface area contributed by atoms with E-state index < -0.39 is 0 Å². The van der Waals surface area contributed by atoms with Crippen molar-refractivity contribution >= 4 is 29.0 Å². The number of anilines is 1. The van der Waals surface area contributed by atoms with Crippen LogP contribution in [0.2, 0.25) is 0 Å². The topological polar surface area (TPSA) is 37.4 Å². The number of carbonyl (C=O) groups excluding carboxylic acids is 2. The maximum absolute atomic E-state index is 12.9. The first kappa shape index (κ1) is 17.5. The van der Waals surface area contributed by atoms with Crippen LogP contribution in [0.1, 0.15) is 67.3 Å². The van der Waals surface area contributed by atoms with Crippen molar-refractivity contribution in [2.24, 2.45) is 5.92 Å². The number of aryl methyl sites for hydroxylation is 1. The maximum Gasteiger partial charge on any atom is 0.230 e. The van der Waals surface area contributed by atoms with Gasteiger partial charge in [-0.1, -0.05) is 19.3 Å². The second-order valence-corrected chi connectivity index (χ2v) is 7.37. The molecule has 1 aliphatic carbocycles. The number of alkyl halides is 1. The van der Waals surface area contributed by atoms with E-state index in [1.165, 1.54) is 19.3 Å². The Labute approximate surface area is 149 Å². The van der Waals surface area contributed by atoms with E-state index in [1.807, 2.05) is 23.1 Å². The molecule has 1 fully saturated rings. The van der Waals surface area contributed by atoms with E-state index in [0.29, 0.717) is 18.7 Å². The van der Waals surface area contributed by atoms with Crippen molar-refractivity contribution in [3.63, 3.8) is 0 Å². The standard InChI is InChI=1S/C20H26ClNO2/c21-12-4-9-19(23)17-10-11-18-16(14-17)8-5-13-22(18)20(24)15-6-2-1-3-7-15/h10-11,14-15H,1-9,12-13H2. The highest BCUT2D eigenvalue weighted by Gasteiger charge is 2.29. The van der Waals surface area contributed by atoms with Gasteiger partial charge in [-0.2, -0.15) is 0 Å². The molecule has 3 rings (SSSR count). The molecule has 1 saturated carbocycles. The van der Waals surface area contributed by atoms with Gasteiger partial charge in [0.25, 0.3) is 0 Å². The number of Topliss-reactive ketones (excluding diaryl/α,β-unsaturated/α-hetero) is 1. The lowest BCUT2D eigenvalue weighted by Crippen LogP contribution is -2.40. The Balaban J connectivity index is 1.77. The fourth-order valence-electron chi connectivity index (χ4n) is 3.94. The van der Waals surface area contributed by atoms with Crippen LogP contribution in [-0.2, 0) is 11.2 Å². The van der Waals surface area contributed by atoms with Gasteiger partial charge in [-0.05, 0) is 55.9 Å². The average Bonchev–Trinajstić information content (AvgIpc) is 2.65. The van der Waals surface area contributed by atoms with Crippen molar-refractivity contribution in [3.05, 3.63) is 29.3 Å². The van der Waals surface area contributed by atoms with Gasteiger partial charge in [0, 0.05) is 36.0 Å². The second-order valence-electron chi connectivity index (χ2n) is 6.99. The predicted molar refractivity (Wildman–Crippen MR) is 98.0 cm³/mol. The summed E-state index contributed by atoms with van der Waals surface area (Å²) in [7, 11) is 0. The smallest absolute Gasteiger partial charge is 0.230 e. The minimum atomic E-state index is 0.147. The zero-order chi connectivity index (χ0) is 16.9. The van der Waals surface area contributed by atoms with Gasteiger partial charge in [0.15, 0.2) is 5.78 Å². The van der Waals surface area contributed by atoms with Crippen LogP contribution in [0.5, 0.6) is 0 Å². The van der Waals surface area contributed by atoms with Crippen LogP contribution in [0, 0.1) is 5.92 Å². The van der Waals surface area contributed by atoms with Crippen LogP contribution >= 0.6 is 11.6 Å². The molecule has 4 heteroatoms. The van der Waals surface area contributed by atoms with Gasteiger partial charge in [-0.3, -0.25) is 9.59 Å². The lowest BCUT2D eigenvalue weighted by atomic mass is 9.87. The van der Waals surface area contributed by atoms with Gasteiger partial charge in [0.05, 0.1) is 0 Å². The molecule has 0 radical (unpaired) electrons. The molecule has 2 aliphatic rings. The predicted octanol–water partition coefficient (Wildman–Crippen LogP) is 4.75. The number of fused-ring (bicyclic) bond motifs is 1. The Hall–Kier alpha value is -1.35. The van der Waals surface area contributed by atoms with Crippen molar-refractivity contribution in [2.45, 2.75) is 57.8 Å². The number of hydrogen-bond donors (Lipinski definition) is 0. The molecule has 1 heterocycles. The van der Waals surface area contributed by atoms with E-state index in [0.717, 1.165) is 49.0 Å². The zero-order valence-electron chi connectivity index (χ0n) is 14.2. The Morgan fingerprint density at radius 2 is 1.92 bits per heavy atom. The Bertz CT molecular complexity index is 608. The number of hydrogen-bond acceptors (Lipinski definition) is 2. The minimum absolute atomic E-state index is 0.147. The lowest BCUT2D eigenvalue weighted by Gasteiger charge is -2.33. The van der Waals surface area contributed by atoms with E-state index >= 15 is 0 Å². The van der Waals surface area contributed by atoms with Gasteiger partial charge in [-0.15, -0.1) is 11.6 Å². The van der Waals surface area contributed by atoms with E-state index in [-0.39, 0.29) is 17.6 Å². The van der Waals surface area contributed by atoms with Crippen LogP contribution in [0.25, 0.3) is 0 Å². The SMILES string of the molecule is O=C(CCCCl)c1ccc2c(c1)CCCN2C(=O)C1CCCCC1. The Morgan fingerprint density at radius 3 is 2.67 bits per heavy atom. The van der Waals surface area contributed by atoms with Crippen molar-refractivity contribution in [1.29, 1.82) is 0 Å². The average molecular weight is 348 g/mol. The lowest BCUT2D eigenvalue weighted by molar-refractivity contribution is -0.123. The summed E-state index contributed by atoms with van der Waals surface area (Å²) in [5.74, 6) is 1.14. The molecule has 1 aromatic carbocycles. The summed E-state index contributed by atoms with van der Waals surface area (Å²) < 4.78 is 0. The molecule has 1 aromatic rings. The molecule has 0 atom stereocenters. The summed E-state index contributed by atoms with van der Waals surface area (Å²) in [6.45, 7) is 0.807. The quantitative estimate of drug-likeness (QED) is 0.569. The Kier molecular flexibility index (Phi) is 5.94. The van der Waals surface area contributed by atoms with Gasteiger partial charge in [-0.25, -0.2) is 0 Å². The fourth-order valence-corrected chi connectivity index (χ4v) is 4.07. The summed E-state index contributed by atoms with van der Waals surface area (Å²) in [6.07, 6.45) is 8.78. The normalized spacial score (nSPS) is 18.3. The summed E-state index contributed by atoms with van der Waals surface area (Å²) in [5, 5.41) is 0. The molecule has 0 bridgehead atoms. The highest BCUT2D eigenvalue weighted by molar-refractivity contribution is 6.18. The molecule has 1 amide bonds. The van der Waals surface area contributed by atoms with E-state index in [2.05, 4.69) is 0 Å². The fraction of sp³-hybridized carbons (Fsp3) is 0.600. The number of amides is 1. The number of benzene rings is 1. The van der Waals surface area contributed by atoms with E-state index in [1.54, 1.807) is 0 Å². The number of rotatable bonds is 5. The Morgan fingerprint density at radius 1 is 1.12 bits per heavy atom. The number of ketones is 1. The van der Waals surface area contributed by atoms with Crippen LogP contribution in [-0.4, -0.2) is 24.1 Å². The molecular formula is C20H26ClNO2. The number of halogens is 1. The summed E-state index contributed by atoms with van der Waals surface area (Å²) in [6, 6.07) is 5.84. The largest absolute Gasteiger partial charge is 0.312 e. The maximum atomic E-state index is 12.9. The van der Waals surface area contributed by atoms with Crippen molar-refractivity contribution in [2.75, 3.05) is 17.3 Å². The first-order valence-corrected chi connectivity index (χ1v) is 9.77. The van der Waals surface area contributed by atoms with Gasteiger partial charge >= 0.3 is 0 Å². The zero-order valence-corrected chi connectivity index (χ0v) is 15.0. The van der Waals surface area contributed by atoms with Crippen molar-refractivity contribution in [1.82, 2.24) is 0 Å². The summed E-state index contributed by atoms with van der Waals surface area (Å²) in [5.41, 5.74) is 2.92. The van der Waals surface area contributed by atoms with Crippen LogP contribution in [0.15, 0.2) is 18.2 Å². The molecule has 0 unspecified atom stereocenters. The highest BCUT2D eigenvalue weighted by Crippen LogP contribution is 2.33. The first-order valence-electron chi connectivity index (χ1n) is 9.24. The van der Waals surface area contributed by atoms with Crippen molar-refractivity contribution in [3.8, 4) is 0 Å². The molecule has 0 spiro atoms. The summed E-state index contributed by atoms with van der Waals surface area (Å²) >= 11 is 5.68. The summed E-state index contributed by atoms with van der Waals surface area (Å²) in [4.78, 5) is 27.1. The van der Waals surface area contributed by atoms with Gasteiger partial charge in [0.2, 0.25) is 5.91 Å². The van der Waals surface area contributed by atoms with Gasteiger partial charge in [0.1, 0.15) is 0 Å². The third kappa shape index (κ3) is 3.83. The first-order chi connectivity index (χ1) is 11.7. The minimum Gasteiger partial charge on any atom is -0.312 e. The molecule has 1 aliphatic heterocycles. The monoisotopic (exact) mass is 347 g/mol. The second kappa shape index (κ2) is 8.15. The van der Waals surface area contributed by atoms with Crippen LogP contribution in [0.3, 0.4) is 0 Å².